The van der Waals surface area contributed by atoms with E-state index in [0.717, 1.165) is 10.1 Å². The van der Waals surface area contributed by atoms with E-state index in [4.69, 9.17) is 11.6 Å². The molecule has 0 aliphatic rings. The van der Waals surface area contributed by atoms with E-state index >= 15 is 0 Å². The molecule has 3 aromatic rings. The van der Waals surface area contributed by atoms with Crippen LogP contribution in [0.1, 0.15) is 5.56 Å². The molecule has 2 aromatic carbocycles. The minimum atomic E-state index is -3.75. The van der Waals surface area contributed by atoms with Crippen LogP contribution in [0.2, 0.25) is 5.02 Å². The van der Waals surface area contributed by atoms with E-state index in [1.807, 2.05) is 29.9 Å². The number of rotatable bonds is 5. The van der Waals surface area contributed by atoms with Gasteiger partial charge in [0.25, 0.3) is 10.0 Å². The zero-order valence-electron chi connectivity index (χ0n) is 13.6. The van der Waals surface area contributed by atoms with E-state index in [1.54, 1.807) is 37.4 Å². The summed E-state index contributed by atoms with van der Waals surface area (Å²) in [5.74, 6) is 0. The predicted molar refractivity (Wildman–Crippen MR) is 101 cm³/mol. The smallest absolute Gasteiger partial charge is 0.262 e. The van der Waals surface area contributed by atoms with Crippen molar-refractivity contribution < 1.29 is 8.42 Å². The molecular weight excluding hydrogens is 378 g/mol. The molecule has 130 valence electrons. The molecule has 25 heavy (non-hydrogen) atoms. The van der Waals surface area contributed by atoms with Gasteiger partial charge in [0.2, 0.25) is 0 Å². The number of hydrogen-bond acceptors (Lipinski definition) is 4. The highest BCUT2D eigenvalue weighted by molar-refractivity contribution is 7.99. The van der Waals surface area contributed by atoms with Gasteiger partial charge in [-0.05, 0) is 48.5 Å². The molecule has 0 saturated carbocycles. The van der Waals surface area contributed by atoms with E-state index < -0.39 is 10.0 Å². The molecule has 0 saturated heterocycles. The molecule has 0 amide bonds. The Kier molecular flexibility index (Phi) is 5.08. The molecule has 1 heterocycles. The highest BCUT2D eigenvalue weighted by Crippen LogP contribution is 2.34. The van der Waals surface area contributed by atoms with Crippen LogP contribution in [-0.2, 0) is 17.1 Å². The molecule has 0 aliphatic heterocycles. The van der Waals surface area contributed by atoms with E-state index in [0.29, 0.717) is 16.3 Å². The summed E-state index contributed by atoms with van der Waals surface area (Å²) in [4.78, 5) is 5.19. The molecule has 0 atom stereocenters. The van der Waals surface area contributed by atoms with Crippen molar-refractivity contribution in [1.82, 2.24) is 9.55 Å². The van der Waals surface area contributed by atoms with Crippen molar-refractivity contribution in [2.24, 2.45) is 7.05 Å². The van der Waals surface area contributed by atoms with Crippen molar-refractivity contribution in [3.05, 3.63) is 65.4 Å². The number of nitrogens with zero attached hydrogens (tertiary/aromatic N) is 2. The van der Waals surface area contributed by atoms with Gasteiger partial charge < -0.3 is 4.57 Å². The molecule has 0 aliphatic carbocycles. The Bertz CT molecular complexity index is 1020. The number of anilines is 1. The largest absolute Gasteiger partial charge is 0.329 e. The Labute approximate surface area is 156 Å². The third-order valence-corrected chi connectivity index (χ3v) is 6.69. The molecule has 1 aromatic heterocycles. The van der Waals surface area contributed by atoms with Crippen LogP contribution in [0.15, 0.2) is 69.8 Å². The number of hydrogen-bond donors (Lipinski definition) is 1. The lowest BCUT2D eigenvalue weighted by atomic mass is 10.2. The monoisotopic (exact) mass is 393 g/mol. The van der Waals surface area contributed by atoms with Gasteiger partial charge in [0.05, 0.1) is 10.6 Å². The fraction of sp³-hybridized carbons (Fsp3) is 0.118. The molecule has 5 nitrogen and oxygen atoms in total. The second-order valence-corrected chi connectivity index (χ2v) is 8.45. The van der Waals surface area contributed by atoms with Crippen LogP contribution in [0.5, 0.6) is 0 Å². The standard InChI is InChI=1S/C17H16ClN3O2S2/c1-12-13(18)6-5-9-16(12)25(22,23)20-14-7-3-4-8-15(14)24-17-19-10-11-21(17)2/h3-11,20H,1-2H3. The van der Waals surface area contributed by atoms with E-state index in [2.05, 4.69) is 9.71 Å². The second-order valence-electron chi connectivity index (χ2n) is 5.39. The average Bonchev–Trinajstić information content (AvgIpc) is 2.96. The van der Waals surface area contributed by atoms with Crippen molar-refractivity contribution in [1.29, 1.82) is 0 Å². The molecule has 1 N–H and O–H groups in total. The van der Waals surface area contributed by atoms with Crippen molar-refractivity contribution in [3.8, 4) is 0 Å². The van der Waals surface area contributed by atoms with Crippen LogP contribution in [0.25, 0.3) is 0 Å². The Hall–Kier alpha value is -1.96. The van der Waals surface area contributed by atoms with Crippen LogP contribution in [0, 0.1) is 6.92 Å². The maximum Gasteiger partial charge on any atom is 0.262 e. The first-order valence-corrected chi connectivity index (χ1v) is 10.1. The van der Waals surface area contributed by atoms with E-state index in [-0.39, 0.29) is 4.90 Å². The number of aromatic nitrogens is 2. The van der Waals surface area contributed by atoms with Crippen molar-refractivity contribution in [3.63, 3.8) is 0 Å². The zero-order valence-corrected chi connectivity index (χ0v) is 16.0. The van der Waals surface area contributed by atoms with Crippen LogP contribution in [-0.4, -0.2) is 18.0 Å². The van der Waals surface area contributed by atoms with Gasteiger partial charge in [-0.1, -0.05) is 29.8 Å². The average molecular weight is 394 g/mol. The van der Waals surface area contributed by atoms with Crippen molar-refractivity contribution in [2.75, 3.05) is 4.72 Å². The van der Waals surface area contributed by atoms with Crippen molar-refractivity contribution >= 4 is 39.1 Å². The van der Waals surface area contributed by atoms with Crippen LogP contribution < -0.4 is 4.72 Å². The van der Waals surface area contributed by atoms with Crippen LogP contribution in [0.4, 0.5) is 5.69 Å². The van der Waals surface area contributed by atoms with Gasteiger partial charge in [-0.25, -0.2) is 13.4 Å². The molecule has 0 bridgehead atoms. The fourth-order valence-electron chi connectivity index (χ4n) is 2.27. The molecule has 0 spiro atoms. The zero-order chi connectivity index (χ0) is 18.0. The first kappa shape index (κ1) is 17.8. The SMILES string of the molecule is Cc1c(Cl)cccc1S(=O)(=O)Nc1ccccc1Sc1nccn1C. The predicted octanol–water partition coefficient (Wildman–Crippen LogP) is 4.33. The summed E-state index contributed by atoms with van der Waals surface area (Å²) >= 11 is 7.45. The summed E-state index contributed by atoms with van der Waals surface area (Å²) in [6.07, 6.45) is 3.54. The highest BCUT2D eigenvalue weighted by Gasteiger charge is 2.20. The maximum atomic E-state index is 12.8. The van der Waals surface area contributed by atoms with Gasteiger partial charge in [-0.3, -0.25) is 4.72 Å². The summed E-state index contributed by atoms with van der Waals surface area (Å²) in [7, 11) is -1.87. The molecular formula is C17H16ClN3O2S2. The Balaban J connectivity index is 1.95. The second kappa shape index (κ2) is 7.11. The Morgan fingerprint density at radius 2 is 1.92 bits per heavy atom. The lowest BCUT2D eigenvalue weighted by Crippen LogP contribution is -2.15. The van der Waals surface area contributed by atoms with Crippen LogP contribution in [0.3, 0.4) is 0 Å². The molecule has 0 radical (unpaired) electrons. The van der Waals surface area contributed by atoms with Gasteiger partial charge in [-0.2, -0.15) is 0 Å². The Morgan fingerprint density at radius 3 is 2.64 bits per heavy atom. The fourth-order valence-corrected chi connectivity index (χ4v) is 4.80. The lowest BCUT2D eigenvalue weighted by Gasteiger charge is -2.14. The topological polar surface area (TPSA) is 64.0 Å². The highest BCUT2D eigenvalue weighted by atomic mass is 35.5. The number of imidazole rings is 1. The molecule has 0 fully saturated rings. The normalized spacial score (nSPS) is 11.5. The van der Waals surface area contributed by atoms with E-state index in [9.17, 15) is 8.42 Å². The lowest BCUT2D eigenvalue weighted by molar-refractivity contribution is 0.600. The van der Waals surface area contributed by atoms with Crippen molar-refractivity contribution in [2.45, 2.75) is 21.9 Å². The Morgan fingerprint density at radius 1 is 1.16 bits per heavy atom. The molecule has 8 heteroatoms. The minimum absolute atomic E-state index is 0.164. The number of aryl methyl sites for hydroxylation is 1. The molecule has 3 rings (SSSR count). The maximum absolute atomic E-state index is 12.8. The summed E-state index contributed by atoms with van der Waals surface area (Å²) < 4.78 is 30.1. The summed E-state index contributed by atoms with van der Waals surface area (Å²) in [5.41, 5.74) is 1.01. The van der Waals surface area contributed by atoms with Crippen LogP contribution >= 0.6 is 23.4 Å². The van der Waals surface area contributed by atoms with E-state index in [1.165, 1.54) is 17.8 Å². The summed E-state index contributed by atoms with van der Waals surface area (Å²) in [5, 5.41) is 1.18. The third-order valence-electron chi connectivity index (χ3n) is 3.62. The number of para-hydroxylation sites is 1. The number of halogens is 1. The minimum Gasteiger partial charge on any atom is -0.329 e. The van der Waals surface area contributed by atoms with Gasteiger partial charge >= 0.3 is 0 Å². The number of sulfonamides is 1. The van der Waals surface area contributed by atoms with Gasteiger partial charge in [0.15, 0.2) is 5.16 Å². The quantitative estimate of drug-likeness (QED) is 0.700. The molecule has 0 unspecified atom stereocenters. The number of benzene rings is 2. The number of nitrogens with one attached hydrogen (secondary N) is 1. The third kappa shape index (κ3) is 3.84. The first-order chi connectivity index (χ1) is 11.9. The van der Waals surface area contributed by atoms with Gasteiger partial charge in [-0.15, -0.1) is 0 Å². The first-order valence-electron chi connectivity index (χ1n) is 7.40. The summed E-state index contributed by atoms with van der Waals surface area (Å²) in [6, 6.07) is 12.0. The summed E-state index contributed by atoms with van der Waals surface area (Å²) in [6.45, 7) is 1.69. The van der Waals surface area contributed by atoms with Gasteiger partial charge in [0.1, 0.15) is 0 Å². The van der Waals surface area contributed by atoms with Gasteiger partial charge in [0, 0.05) is 29.4 Å².